The number of aromatic nitrogens is 1. The van der Waals surface area contributed by atoms with Gasteiger partial charge in [0.1, 0.15) is 28.9 Å². The maximum Gasteiger partial charge on any atom is 0.252 e. The van der Waals surface area contributed by atoms with Gasteiger partial charge >= 0.3 is 0 Å². The number of primary amides is 1. The van der Waals surface area contributed by atoms with Gasteiger partial charge in [0.05, 0.1) is 34.6 Å². The zero-order valence-electron chi connectivity index (χ0n) is 18.1. The highest BCUT2D eigenvalue weighted by Gasteiger charge is 2.15. The Morgan fingerprint density at radius 1 is 1.06 bits per heavy atom. The zero-order chi connectivity index (χ0) is 24.2. The summed E-state index contributed by atoms with van der Waals surface area (Å²) in [5.74, 6) is 0.545. The Labute approximate surface area is 200 Å². The number of carbonyl (C=O) groups excluding carboxylic acids is 1. The molecule has 1 aromatic heterocycles. The Hall–Kier alpha value is -4.30. The second-order valence-electron chi connectivity index (χ2n) is 7.20. The van der Waals surface area contributed by atoms with Crippen LogP contribution in [0.1, 0.15) is 10.4 Å². The molecular weight excluding hydrogens is 459 g/mol. The minimum Gasteiger partial charge on any atom is -0.496 e. The standard InChI is InChI=1S/C25H20ClFN4O3/c1-14(31-21-6-4-3-5-19(21)27)30-20-8-7-15(11-18(20)26)34-23-9-10-29-22-13-24(33-2)17(25(28)32)12-16(22)23/h3-13,30-31H,1H2,2H3,(H2,28,32). The van der Waals surface area contributed by atoms with Crippen molar-refractivity contribution in [2.24, 2.45) is 5.73 Å². The minimum atomic E-state index is -0.628. The molecular formula is C25H20ClFN4O3. The molecule has 172 valence electrons. The Kier molecular flexibility index (Phi) is 6.51. The first-order valence-corrected chi connectivity index (χ1v) is 10.4. The molecule has 0 bridgehead atoms. The lowest BCUT2D eigenvalue weighted by atomic mass is 10.1. The summed E-state index contributed by atoms with van der Waals surface area (Å²) in [6.45, 7) is 3.85. The van der Waals surface area contributed by atoms with Crippen LogP contribution in [-0.4, -0.2) is 18.0 Å². The molecule has 0 fully saturated rings. The topological polar surface area (TPSA) is 98.5 Å². The number of nitrogens with one attached hydrogen (secondary N) is 2. The van der Waals surface area contributed by atoms with E-state index in [1.165, 1.54) is 13.2 Å². The average molecular weight is 479 g/mol. The molecule has 0 radical (unpaired) electrons. The first kappa shape index (κ1) is 22.9. The molecule has 0 saturated carbocycles. The van der Waals surface area contributed by atoms with Crippen LogP contribution in [0.15, 0.2) is 79.3 Å². The summed E-state index contributed by atoms with van der Waals surface area (Å²) in [5, 5.41) is 6.80. The third-order valence-corrected chi connectivity index (χ3v) is 5.21. The van der Waals surface area contributed by atoms with Gasteiger partial charge < -0.3 is 25.8 Å². The summed E-state index contributed by atoms with van der Waals surface area (Å²) in [6, 6.07) is 16.1. The molecule has 0 saturated heterocycles. The van der Waals surface area contributed by atoms with Gasteiger partial charge in [-0.15, -0.1) is 0 Å². The number of pyridine rings is 1. The largest absolute Gasteiger partial charge is 0.496 e. The second-order valence-corrected chi connectivity index (χ2v) is 7.60. The van der Waals surface area contributed by atoms with Crippen molar-refractivity contribution in [2.75, 3.05) is 17.7 Å². The van der Waals surface area contributed by atoms with E-state index in [0.717, 1.165) is 0 Å². The van der Waals surface area contributed by atoms with E-state index in [-0.39, 0.29) is 11.3 Å². The van der Waals surface area contributed by atoms with E-state index in [2.05, 4.69) is 22.2 Å². The van der Waals surface area contributed by atoms with Gasteiger partial charge in [-0.25, -0.2) is 4.39 Å². The predicted molar refractivity (Wildman–Crippen MR) is 131 cm³/mol. The Bertz CT molecular complexity index is 1410. The van der Waals surface area contributed by atoms with E-state index in [9.17, 15) is 9.18 Å². The zero-order valence-corrected chi connectivity index (χ0v) is 18.8. The van der Waals surface area contributed by atoms with E-state index in [1.807, 2.05) is 0 Å². The molecule has 1 amide bonds. The molecule has 0 atom stereocenters. The van der Waals surface area contributed by atoms with E-state index in [0.29, 0.717) is 44.7 Å². The van der Waals surface area contributed by atoms with Gasteiger partial charge in [0.2, 0.25) is 0 Å². The average Bonchev–Trinajstić information content (AvgIpc) is 2.81. The molecule has 9 heteroatoms. The fourth-order valence-corrected chi connectivity index (χ4v) is 3.52. The Morgan fingerprint density at radius 3 is 2.53 bits per heavy atom. The summed E-state index contributed by atoms with van der Waals surface area (Å²) in [7, 11) is 1.45. The predicted octanol–water partition coefficient (Wildman–Crippen LogP) is 5.92. The minimum absolute atomic E-state index is 0.214. The van der Waals surface area contributed by atoms with E-state index < -0.39 is 11.7 Å². The van der Waals surface area contributed by atoms with E-state index in [1.54, 1.807) is 60.8 Å². The van der Waals surface area contributed by atoms with Gasteiger partial charge in [0, 0.05) is 23.7 Å². The molecule has 4 N–H and O–H groups in total. The van der Waals surface area contributed by atoms with Crippen LogP contribution in [-0.2, 0) is 0 Å². The van der Waals surface area contributed by atoms with Crippen LogP contribution in [0.3, 0.4) is 0 Å². The van der Waals surface area contributed by atoms with Gasteiger partial charge in [-0.1, -0.05) is 30.3 Å². The normalized spacial score (nSPS) is 10.6. The maximum atomic E-state index is 13.8. The number of carbonyl (C=O) groups is 1. The van der Waals surface area contributed by atoms with Crippen LogP contribution in [0.25, 0.3) is 10.9 Å². The first-order valence-electron chi connectivity index (χ1n) is 10.1. The molecule has 34 heavy (non-hydrogen) atoms. The van der Waals surface area contributed by atoms with Crippen molar-refractivity contribution in [2.45, 2.75) is 0 Å². The first-order chi connectivity index (χ1) is 16.4. The van der Waals surface area contributed by atoms with Crippen molar-refractivity contribution in [1.82, 2.24) is 4.98 Å². The van der Waals surface area contributed by atoms with Crippen molar-refractivity contribution in [3.05, 3.63) is 95.7 Å². The second kappa shape index (κ2) is 9.68. The van der Waals surface area contributed by atoms with Crippen molar-refractivity contribution in [3.63, 3.8) is 0 Å². The molecule has 4 aromatic rings. The van der Waals surface area contributed by atoms with Gasteiger partial charge in [0.15, 0.2) is 0 Å². The highest BCUT2D eigenvalue weighted by atomic mass is 35.5. The lowest BCUT2D eigenvalue weighted by Gasteiger charge is -2.15. The molecule has 0 aliphatic rings. The number of hydrogen-bond donors (Lipinski definition) is 3. The summed E-state index contributed by atoms with van der Waals surface area (Å²) in [5.41, 5.74) is 7.09. The monoisotopic (exact) mass is 478 g/mol. The SMILES string of the molecule is C=C(Nc1ccccc1F)Nc1ccc(Oc2ccnc3cc(OC)c(C(N)=O)cc23)cc1Cl. The molecule has 0 aliphatic heterocycles. The van der Waals surface area contributed by atoms with Crippen molar-refractivity contribution in [3.8, 4) is 17.2 Å². The number of para-hydroxylation sites is 1. The molecule has 3 aromatic carbocycles. The van der Waals surface area contributed by atoms with Crippen molar-refractivity contribution >= 4 is 39.8 Å². The summed E-state index contributed by atoms with van der Waals surface area (Å²) < 4.78 is 25.1. The smallest absolute Gasteiger partial charge is 0.252 e. The fraction of sp³-hybridized carbons (Fsp3) is 0.0400. The number of rotatable bonds is 8. The van der Waals surface area contributed by atoms with Gasteiger partial charge in [-0.3, -0.25) is 9.78 Å². The summed E-state index contributed by atoms with van der Waals surface area (Å²) in [4.78, 5) is 16.1. The van der Waals surface area contributed by atoms with Crippen molar-refractivity contribution in [1.29, 1.82) is 0 Å². The number of ether oxygens (including phenoxy) is 2. The van der Waals surface area contributed by atoms with Crippen molar-refractivity contribution < 1.29 is 18.7 Å². The lowest BCUT2D eigenvalue weighted by molar-refractivity contribution is 0.0997. The Balaban J connectivity index is 1.55. The summed E-state index contributed by atoms with van der Waals surface area (Å²) >= 11 is 6.42. The lowest BCUT2D eigenvalue weighted by Crippen LogP contribution is -2.12. The van der Waals surface area contributed by atoms with E-state index in [4.69, 9.17) is 26.8 Å². The fourth-order valence-electron chi connectivity index (χ4n) is 3.31. The quantitative estimate of drug-likeness (QED) is 0.290. The molecule has 0 spiro atoms. The van der Waals surface area contributed by atoms with Crippen LogP contribution < -0.4 is 25.8 Å². The number of halogens is 2. The van der Waals surface area contributed by atoms with Crippen LogP contribution >= 0.6 is 11.6 Å². The molecule has 7 nitrogen and oxygen atoms in total. The maximum absolute atomic E-state index is 13.8. The van der Waals surface area contributed by atoms with Gasteiger partial charge in [0.25, 0.3) is 5.91 Å². The third kappa shape index (κ3) is 4.87. The Morgan fingerprint density at radius 2 is 1.82 bits per heavy atom. The molecule has 1 heterocycles. The molecule has 0 aliphatic carbocycles. The van der Waals surface area contributed by atoms with Crippen LogP contribution in [0.2, 0.25) is 5.02 Å². The van der Waals surface area contributed by atoms with Gasteiger partial charge in [-0.2, -0.15) is 0 Å². The molecule has 0 unspecified atom stereocenters. The number of nitrogens with zero attached hydrogens (tertiary/aromatic N) is 1. The number of nitrogens with two attached hydrogens (primary N) is 1. The number of anilines is 2. The number of benzene rings is 3. The number of fused-ring (bicyclic) bond motifs is 1. The highest BCUT2D eigenvalue weighted by Crippen LogP contribution is 2.35. The van der Waals surface area contributed by atoms with Crippen LogP contribution in [0.4, 0.5) is 15.8 Å². The molecule has 4 rings (SSSR count). The number of amides is 1. The van der Waals surface area contributed by atoms with Crippen LogP contribution in [0, 0.1) is 5.82 Å². The van der Waals surface area contributed by atoms with Crippen LogP contribution in [0.5, 0.6) is 17.2 Å². The number of methoxy groups -OCH3 is 1. The highest BCUT2D eigenvalue weighted by molar-refractivity contribution is 6.33. The number of hydrogen-bond acceptors (Lipinski definition) is 6. The van der Waals surface area contributed by atoms with E-state index >= 15 is 0 Å². The third-order valence-electron chi connectivity index (χ3n) is 4.90. The van der Waals surface area contributed by atoms with Gasteiger partial charge in [-0.05, 0) is 36.4 Å². The summed E-state index contributed by atoms with van der Waals surface area (Å²) in [6.07, 6.45) is 1.58.